The Kier molecular flexibility index (Phi) is 6.42. The van der Waals surface area contributed by atoms with Crippen molar-refractivity contribution in [3.63, 3.8) is 0 Å². The molecule has 5 heterocycles. The number of likely N-dealkylation sites (tertiary alicyclic amines) is 1. The highest BCUT2D eigenvalue weighted by Gasteiger charge is 2.28. The maximum Gasteiger partial charge on any atom is 0.243 e. The van der Waals surface area contributed by atoms with Crippen LogP contribution >= 0.6 is 0 Å². The highest BCUT2D eigenvalue weighted by molar-refractivity contribution is 5.97. The van der Waals surface area contributed by atoms with E-state index in [9.17, 15) is 9.59 Å². The van der Waals surface area contributed by atoms with Crippen molar-refractivity contribution in [2.75, 3.05) is 39.3 Å². The first-order chi connectivity index (χ1) is 18.1. The number of fused-ring (bicyclic) bond motifs is 1. The number of imide groups is 1. The van der Waals surface area contributed by atoms with Crippen molar-refractivity contribution in [1.82, 2.24) is 29.9 Å². The monoisotopic (exact) mass is 500 g/mol. The van der Waals surface area contributed by atoms with E-state index in [0.29, 0.717) is 31.1 Å². The largest absolute Gasteiger partial charge is 0.464 e. The van der Waals surface area contributed by atoms with Gasteiger partial charge in [0.15, 0.2) is 0 Å². The summed E-state index contributed by atoms with van der Waals surface area (Å²) in [5, 5.41) is 7.94. The number of nitrogens with one attached hydrogen (secondary N) is 1. The fourth-order valence-electron chi connectivity index (χ4n) is 4.92. The van der Waals surface area contributed by atoms with E-state index in [1.165, 1.54) is 4.90 Å². The molecule has 1 aromatic carbocycles. The zero-order valence-corrected chi connectivity index (χ0v) is 20.4. The molecule has 2 saturated heterocycles. The topological polar surface area (TPSA) is 108 Å². The number of aromatic amines is 1. The number of aromatic nitrogens is 3. The number of nitrogens with zero attached hydrogens (tertiary/aromatic N) is 5. The Bertz CT molecular complexity index is 1390. The SMILES string of the molecule is O=C1CCCN1C(=O)CN1CCN(Cc2coc3cc(Oc4ccc(-c5ccn[nH]5)cn4)ccc23)CC1. The summed E-state index contributed by atoms with van der Waals surface area (Å²) in [6.07, 6.45) is 6.52. The number of benzene rings is 1. The van der Waals surface area contributed by atoms with Crippen LogP contribution in [0.15, 0.2) is 59.5 Å². The quantitative estimate of drug-likeness (QED) is 0.412. The highest BCUT2D eigenvalue weighted by Crippen LogP contribution is 2.29. The lowest BCUT2D eigenvalue weighted by Crippen LogP contribution is -2.49. The molecule has 6 rings (SSSR count). The van der Waals surface area contributed by atoms with Crippen LogP contribution in [0.1, 0.15) is 18.4 Å². The first-order valence-corrected chi connectivity index (χ1v) is 12.5. The number of amides is 2. The van der Waals surface area contributed by atoms with Crippen LogP contribution in [0.25, 0.3) is 22.2 Å². The molecule has 1 N–H and O–H groups in total. The molecule has 2 amide bonds. The molecule has 4 aromatic rings. The fourth-order valence-corrected chi connectivity index (χ4v) is 4.92. The molecule has 0 aliphatic carbocycles. The highest BCUT2D eigenvalue weighted by atomic mass is 16.5. The molecule has 190 valence electrons. The van der Waals surface area contributed by atoms with Gasteiger partial charge in [-0.2, -0.15) is 5.10 Å². The van der Waals surface area contributed by atoms with E-state index in [2.05, 4.69) is 25.0 Å². The third-order valence-corrected chi connectivity index (χ3v) is 6.99. The van der Waals surface area contributed by atoms with Gasteiger partial charge in [-0.15, -0.1) is 0 Å². The lowest BCUT2D eigenvalue weighted by atomic mass is 10.1. The van der Waals surface area contributed by atoms with Crippen LogP contribution in [0.3, 0.4) is 0 Å². The Morgan fingerprint density at radius 1 is 1.05 bits per heavy atom. The second-order valence-corrected chi connectivity index (χ2v) is 9.47. The number of hydrogen-bond donors (Lipinski definition) is 1. The van der Waals surface area contributed by atoms with Crippen LogP contribution in [-0.4, -0.2) is 81.0 Å². The second kappa shape index (κ2) is 10.2. The molecule has 10 heteroatoms. The summed E-state index contributed by atoms with van der Waals surface area (Å²) in [5.41, 5.74) is 3.72. The number of furan rings is 1. The van der Waals surface area contributed by atoms with Crippen molar-refractivity contribution < 1.29 is 18.7 Å². The summed E-state index contributed by atoms with van der Waals surface area (Å²) >= 11 is 0. The van der Waals surface area contributed by atoms with Crippen LogP contribution in [0.4, 0.5) is 0 Å². The molecule has 0 unspecified atom stereocenters. The number of carbonyl (C=O) groups excluding carboxylic acids is 2. The molecule has 10 nitrogen and oxygen atoms in total. The van der Waals surface area contributed by atoms with E-state index in [-0.39, 0.29) is 11.8 Å². The van der Waals surface area contributed by atoms with Crippen LogP contribution < -0.4 is 4.74 Å². The molecule has 0 saturated carbocycles. The maximum atomic E-state index is 12.4. The normalized spacial score (nSPS) is 17.1. The van der Waals surface area contributed by atoms with Gasteiger partial charge in [-0.25, -0.2) is 4.98 Å². The van der Waals surface area contributed by atoms with Crippen molar-refractivity contribution in [1.29, 1.82) is 0 Å². The Balaban J connectivity index is 1.04. The Labute approximate surface area is 213 Å². The fraction of sp³-hybridized carbons (Fsp3) is 0.333. The first-order valence-electron chi connectivity index (χ1n) is 12.5. The van der Waals surface area contributed by atoms with Crippen molar-refractivity contribution in [3.05, 3.63) is 60.6 Å². The molecule has 2 fully saturated rings. The summed E-state index contributed by atoms with van der Waals surface area (Å²) in [7, 11) is 0. The lowest BCUT2D eigenvalue weighted by molar-refractivity contribution is -0.142. The molecular formula is C27H28N6O4. The summed E-state index contributed by atoms with van der Waals surface area (Å²) in [6.45, 7) is 4.96. The molecular weight excluding hydrogens is 472 g/mol. The minimum atomic E-state index is -0.0706. The smallest absolute Gasteiger partial charge is 0.243 e. The predicted octanol–water partition coefficient (Wildman–Crippen LogP) is 3.28. The van der Waals surface area contributed by atoms with E-state index >= 15 is 0 Å². The summed E-state index contributed by atoms with van der Waals surface area (Å²) in [4.78, 5) is 34.6. The molecule has 2 aliphatic heterocycles. The van der Waals surface area contributed by atoms with E-state index in [1.807, 2.05) is 36.4 Å². The van der Waals surface area contributed by atoms with Gasteiger partial charge in [0.2, 0.25) is 17.7 Å². The van der Waals surface area contributed by atoms with Gasteiger partial charge in [-0.05, 0) is 30.7 Å². The average molecular weight is 501 g/mol. The van der Waals surface area contributed by atoms with Gasteiger partial charge in [-0.1, -0.05) is 0 Å². The van der Waals surface area contributed by atoms with Crippen LogP contribution in [0, 0.1) is 0 Å². The zero-order valence-electron chi connectivity index (χ0n) is 20.4. The van der Waals surface area contributed by atoms with E-state index in [4.69, 9.17) is 9.15 Å². The number of hydrogen-bond acceptors (Lipinski definition) is 8. The van der Waals surface area contributed by atoms with Crippen molar-refractivity contribution >= 4 is 22.8 Å². The van der Waals surface area contributed by atoms with E-state index < -0.39 is 0 Å². The third-order valence-electron chi connectivity index (χ3n) is 6.99. The maximum absolute atomic E-state index is 12.4. The Morgan fingerprint density at radius 3 is 2.65 bits per heavy atom. The minimum Gasteiger partial charge on any atom is -0.464 e. The number of piperazine rings is 1. The van der Waals surface area contributed by atoms with Gasteiger partial charge < -0.3 is 9.15 Å². The predicted molar refractivity (Wildman–Crippen MR) is 136 cm³/mol. The number of rotatable bonds is 7. The van der Waals surface area contributed by atoms with Crippen LogP contribution in [0.2, 0.25) is 0 Å². The van der Waals surface area contributed by atoms with Gasteiger partial charge in [0, 0.05) is 86.7 Å². The van der Waals surface area contributed by atoms with Gasteiger partial charge in [0.25, 0.3) is 0 Å². The molecule has 0 atom stereocenters. The van der Waals surface area contributed by atoms with Crippen LogP contribution in [0.5, 0.6) is 11.6 Å². The van der Waals surface area contributed by atoms with Crippen molar-refractivity contribution in [2.45, 2.75) is 19.4 Å². The lowest BCUT2D eigenvalue weighted by Gasteiger charge is -2.34. The third kappa shape index (κ3) is 5.11. The van der Waals surface area contributed by atoms with Crippen molar-refractivity contribution in [2.24, 2.45) is 0 Å². The molecule has 3 aromatic heterocycles. The molecule has 37 heavy (non-hydrogen) atoms. The minimum absolute atomic E-state index is 0.0384. The first kappa shape index (κ1) is 23.4. The molecule has 0 spiro atoms. The Hall–Kier alpha value is -4.02. The van der Waals surface area contributed by atoms with Gasteiger partial charge >= 0.3 is 0 Å². The zero-order chi connectivity index (χ0) is 25.2. The summed E-state index contributed by atoms with van der Waals surface area (Å²) in [5.74, 6) is 1.05. The molecule has 0 radical (unpaired) electrons. The van der Waals surface area contributed by atoms with Gasteiger partial charge in [0.1, 0.15) is 11.3 Å². The number of H-pyrrole nitrogens is 1. The van der Waals surface area contributed by atoms with E-state index in [0.717, 1.165) is 66.9 Å². The average Bonchev–Trinajstić information content (AvgIpc) is 3.68. The molecule has 0 bridgehead atoms. The molecule has 2 aliphatic rings. The summed E-state index contributed by atoms with van der Waals surface area (Å²) < 4.78 is 11.8. The number of carbonyl (C=O) groups is 2. The van der Waals surface area contributed by atoms with E-state index in [1.54, 1.807) is 18.7 Å². The van der Waals surface area contributed by atoms with Crippen LogP contribution in [-0.2, 0) is 16.1 Å². The second-order valence-electron chi connectivity index (χ2n) is 9.47. The van der Waals surface area contributed by atoms with Gasteiger partial charge in [-0.3, -0.25) is 29.4 Å². The van der Waals surface area contributed by atoms with Gasteiger partial charge in [0.05, 0.1) is 18.5 Å². The summed E-state index contributed by atoms with van der Waals surface area (Å²) in [6, 6.07) is 11.5. The number of ether oxygens (including phenoxy) is 1. The Morgan fingerprint density at radius 2 is 1.92 bits per heavy atom. The standard InChI is InChI=1S/C27H28N6O4/c34-26-2-1-9-33(26)27(35)17-32-12-10-31(11-13-32)16-20-18-36-24-14-21(4-5-22(20)24)37-25-6-3-19(15-28-25)23-7-8-29-30-23/h3-8,14-15,18H,1-2,9-13,16-17H2,(H,29,30). The number of pyridine rings is 1. The van der Waals surface area contributed by atoms with Crippen molar-refractivity contribution in [3.8, 4) is 22.9 Å².